The number of hydrogen-bond donors (Lipinski definition) is 3. The van der Waals surface area contributed by atoms with Gasteiger partial charge in [-0.2, -0.15) is 0 Å². The van der Waals surface area contributed by atoms with E-state index in [1.54, 1.807) is 7.11 Å². The van der Waals surface area contributed by atoms with Crippen molar-refractivity contribution >= 4 is 51.5 Å². The number of piperazine rings is 1. The van der Waals surface area contributed by atoms with Crippen LogP contribution in [0.3, 0.4) is 0 Å². The van der Waals surface area contributed by atoms with E-state index in [1.165, 1.54) is 23.8 Å². The van der Waals surface area contributed by atoms with Crippen LogP contribution in [0.5, 0.6) is 5.75 Å². The molecule has 0 radical (unpaired) electrons. The molecule has 0 amide bonds. The summed E-state index contributed by atoms with van der Waals surface area (Å²) in [7, 11) is 1.63. The van der Waals surface area contributed by atoms with Crippen molar-refractivity contribution in [2.24, 2.45) is 0 Å². The van der Waals surface area contributed by atoms with Gasteiger partial charge in [0.1, 0.15) is 5.75 Å². The number of aliphatic hydroxyl groups excluding tert-OH is 2. The van der Waals surface area contributed by atoms with Gasteiger partial charge in [0.15, 0.2) is 6.10 Å². The molecule has 1 aliphatic heterocycles. The van der Waals surface area contributed by atoms with Crippen LogP contribution in [0.2, 0.25) is 15.1 Å². The minimum atomic E-state index is -1.61. The van der Waals surface area contributed by atoms with Crippen molar-refractivity contribution < 1.29 is 24.9 Å². The number of methoxy groups -OCH3 is 1. The highest BCUT2D eigenvalue weighted by Crippen LogP contribution is 2.35. The van der Waals surface area contributed by atoms with Crippen molar-refractivity contribution in [1.82, 2.24) is 9.80 Å². The number of benzene rings is 4. The molecule has 1 heterocycles. The molecule has 246 valence electrons. The standard InChI is InChI=1S/C28H35ClN2O2.C8H6Cl2O3/c1-3-4-10-25(31-17-15-30(16-18-31)20-21-8-6-5-7-9-21)28(32)23-11-13-24-22(19-23)12-14-26(33-2)27(24)29;9-4-1-2-5(6(10)3-4)7(11)8(12)13/h5-9,11-14,19,25,28,32H,3-4,10,15-18,20H2,1-2H3;1-3,7,11H,(H,12,13)/t25-,28-;7-/m10/s1. The number of fused-ring (bicyclic) bond motifs is 1. The second-order valence-corrected chi connectivity index (χ2v) is 12.6. The molecule has 0 aliphatic carbocycles. The monoisotopic (exact) mass is 686 g/mol. The van der Waals surface area contributed by atoms with Crippen LogP contribution in [0.4, 0.5) is 0 Å². The zero-order valence-electron chi connectivity index (χ0n) is 26.1. The highest BCUT2D eigenvalue weighted by molar-refractivity contribution is 6.37. The number of carboxylic acid groups (broad SMARTS) is 1. The molecule has 0 bridgehead atoms. The number of carboxylic acids is 1. The average molecular weight is 688 g/mol. The summed E-state index contributed by atoms with van der Waals surface area (Å²) in [5.74, 6) is -0.670. The van der Waals surface area contributed by atoms with Crippen molar-refractivity contribution in [3.8, 4) is 5.75 Å². The Morgan fingerprint density at radius 3 is 2.26 bits per heavy atom. The molecule has 0 aromatic heterocycles. The molecule has 46 heavy (non-hydrogen) atoms. The molecule has 4 aromatic carbocycles. The first kappa shape index (κ1) is 36.0. The fourth-order valence-electron chi connectivity index (χ4n) is 5.76. The highest BCUT2D eigenvalue weighted by Gasteiger charge is 2.30. The van der Waals surface area contributed by atoms with Crippen molar-refractivity contribution in [2.75, 3.05) is 33.3 Å². The Labute approximate surface area is 285 Å². The van der Waals surface area contributed by atoms with E-state index in [2.05, 4.69) is 53.1 Å². The van der Waals surface area contributed by atoms with E-state index in [0.717, 1.165) is 68.3 Å². The average Bonchev–Trinajstić information content (AvgIpc) is 3.06. The summed E-state index contributed by atoms with van der Waals surface area (Å²) < 4.78 is 5.35. The molecule has 10 heteroatoms. The Morgan fingerprint density at radius 2 is 1.63 bits per heavy atom. The lowest BCUT2D eigenvalue weighted by atomic mass is 9.94. The van der Waals surface area contributed by atoms with Gasteiger partial charge in [0.25, 0.3) is 0 Å². The van der Waals surface area contributed by atoms with Crippen molar-refractivity contribution in [1.29, 1.82) is 0 Å². The summed E-state index contributed by atoms with van der Waals surface area (Å²) in [6.07, 6.45) is 1.11. The van der Waals surface area contributed by atoms with Gasteiger partial charge in [0, 0.05) is 59.8 Å². The van der Waals surface area contributed by atoms with E-state index in [9.17, 15) is 9.90 Å². The van der Waals surface area contributed by atoms with Crippen LogP contribution in [0, 0.1) is 0 Å². The molecule has 0 spiro atoms. The largest absolute Gasteiger partial charge is 0.495 e. The Balaban J connectivity index is 0.000000310. The Bertz CT molecular complexity index is 1580. The Hall–Kier alpha value is -2.88. The zero-order valence-corrected chi connectivity index (χ0v) is 28.3. The van der Waals surface area contributed by atoms with Gasteiger partial charge >= 0.3 is 5.97 Å². The van der Waals surface area contributed by atoms with E-state index in [0.29, 0.717) is 15.8 Å². The van der Waals surface area contributed by atoms with Gasteiger partial charge < -0.3 is 20.1 Å². The summed E-state index contributed by atoms with van der Waals surface area (Å²) in [5.41, 5.74) is 2.45. The van der Waals surface area contributed by atoms with E-state index in [-0.39, 0.29) is 16.6 Å². The number of aliphatic hydroxyl groups is 2. The van der Waals surface area contributed by atoms with Gasteiger partial charge in [-0.25, -0.2) is 4.79 Å². The van der Waals surface area contributed by atoms with Crippen LogP contribution in [-0.2, 0) is 11.3 Å². The van der Waals surface area contributed by atoms with E-state index in [4.69, 9.17) is 49.8 Å². The Kier molecular flexibility index (Phi) is 13.5. The van der Waals surface area contributed by atoms with Gasteiger partial charge in [-0.05, 0) is 47.2 Å². The second kappa shape index (κ2) is 17.3. The summed E-state index contributed by atoms with van der Waals surface area (Å²) in [6, 6.07) is 25.0. The molecule has 3 atom stereocenters. The minimum Gasteiger partial charge on any atom is -0.495 e. The first-order valence-corrected chi connectivity index (χ1v) is 16.6. The second-order valence-electron chi connectivity index (χ2n) is 11.4. The third-order valence-electron chi connectivity index (χ3n) is 8.34. The fourth-order valence-corrected chi connectivity index (χ4v) is 6.58. The van der Waals surface area contributed by atoms with Crippen molar-refractivity contribution in [3.63, 3.8) is 0 Å². The molecule has 1 saturated heterocycles. The lowest BCUT2D eigenvalue weighted by Gasteiger charge is -2.41. The van der Waals surface area contributed by atoms with Crippen molar-refractivity contribution in [2.45, 2.75) is 51.0 Å². The lowest BCUT2D eigenvalue weighted by Crippen LogP contribution is -2.51. The molecule has 5 rings (SSSR count). The molecule has 7 nitrogen and oxygen atoms in total. The van der Waals surface area contributed by atoms with Gasteiger partial charge in [0.05, 0.1) is 18.2 Å². The van der Waals surface area contributed by atoms with E-state index in [1.807, 2.05) is 24.3 Å². The molecular formula is C36H41Cl3N2O5. The van der Waals surface area contributed by atoms with Crippen LogP contribution in [0.15, 0.2) is 78.9 Å². The SMILES string of the molecule is CCCC[C@H]([C@H](O)c1ccc2c(Cl)c(OC)ccc2c1)N1CCN(Cc2ccccc2)CC1.O=C(O)[C@@H](O)c1ccc(Cl)cc1Cl. The Morgan fingerprint density at radius 1 is 0.913 bits per heavy atom. The van der Waals surface area contributed by atoms with Crippen LogP contribution < -0.4 is 4.74 Å². The maximum absolute atomic E-state index is 11.5. The number of carbonyl (C=O) groups is 1. The topological polar surface area (TPSA) is 93.5 Å². The lowest BCUT2D eigenvalue weighted by molar-refractivity contribution is -0.146. The first-order chi connectivity index (χ1) is 22.1. The third kappa shape index (κ3) is 9.35. The van der Waals surface area contributed by atoms with Gasteiger partial charge in [-0.3, -0.25) is 9.80 Å². The van der Waals surface area contributed by atoms with Crippen LogP contribution >= 0.6 is 34.8 Å². The van der Waals surface area contributed by atoms with Gasteiger partial charge in [0.2, 0.25) is 0 Å². The molecule has 4 aromatic rings. The van der Waals surface area contributed by atoms with Crippen LogP contribution in [0.25, 0.3) is 10.8 Å². The normalized spacial score (nSPS) is 15.9. The number of rotatable bonds is 11. The maximum Gasteiger partial charge on any atom is 0.337 e. The van der Waals surface area contributed by atoms with E-state index < -0.39 is 18.2 Å². The number of halogens is 3. The number of aliphatic carboxylic acids is 1. The highest BCUT2D eigenvalue weighted by atomic mass is 35.5. The predicted molar refractivity (Wildman–Crippen MR) is 186 cm³/mol. The third-order valence-corrected chi connectivity index (χ3v) is 9.29. The molecule has 3 N–H and O–H groups in total. The van der Waals surface area contributed by atoms with Gasteiger partial charge in [-0.1, -0.05) is 109 Å². The maximum atomic E-state index is 11.5. The minimum absolute atomic E-state index is 0.120. The fraction of sp³-hybridized carbons (Fsp3) is 0.361. The summed E-state index contributed by atoms with van der Waals surface area (Å²) in [4.78, 5) is 15.4. The number of hydrogen-bond acceptors (Lipinski definition) is 6. The van der Waals surface area contributed by atoms with Gasteiger partial charge in [-0.15, -0.1) is 0 Å². The quantitative estimate of drug-likeness (QED) is 0.147. The predicted octanol–water partition coefficient (Wildman–Crippen LogP) is 8.02. The summed E-state index contributed by atoms with van der Waals surface area (Å²) in [5, 5.41) is 32.2. The summed E-state index contributed by atoms with van der Waals surface area (Å²) in [6.45, 7) is 7.22. The van der Waals surface area contributed by atoms with Crippen molar-refractivity contribution in [3.05, 3.63) is 111 Å². The molecular weight excluding hydrogens is 647 g/mol. The number of nitrogens with zero attached hydrogens (tertiary/aromatic N) is 2. The molecule has 0 unspecified atom stereocenters. The molecule has 1 aliphatic rings. The van der Waals surface area contributed by atoms with Crippen LogP contribution in [0.1, 0.15) is 55.1 Å². The smallest absolute Gasteiger partial charge is 0.337 e. The summed E-state index contributed by atoms with van der Waals surface area (Å²) >= 11 is 17.7. The molecule has 1 fully saturated rings. The zero-order chi connectivity index (χ0) is 33.2. The number of unbranched alkanes of at least 4 members (excludes halogenated alkanes) is 1. The van der Waals surface area contributed by atoms with E-state index >= 15 is 0 Å². The molecule has 0 saturated carbocycles. The van der Waals surface area contributed by atoms with Crippen LogP contribution in [-0.4, -0.2) is 70.4 Å². The first-order valence-electron chi connectivity index (χ1n) is 15.4. The number of ether oxygens (including phenoxy) is 1.